The Kier molecular flexibility index (Phi) is 6.90. The van der Waals surface area contributed by atoms with Crippen molar-refractivity contribution in [3.63, 3.8) is 0 Å². The summed E-state index contributed by atoms with van der Waals surface area (Å²) in [7, 11) is 4.55. The highest BCUT2D eigenvalue weighted by molar-refractivity contribution is 6.02. The van der Waals surface area contributed by atoms with Gasteiger partial charge in [0.25, 0.3) is 5.91 Å². The van der Waals surface area contributed by atoms with E-state index < -0.39 is 0 Å². The van der Waals surface area contributed by atoms with Gasteiger partial charge in [-0.05, 0) is 37.0 Å². The lowest BCUT2D eigenvalue weighted by molar-refractivity contribution is -0.118. The van der Waals surface area contributed by atoms with Crippen molar-refractivity contribution in [3.8, 4) is 23.3 Å². The van der Waals surface area contributed by atoms with E-state index >= 15 is 0 Å². The van der Waals surface area contributed by atoms with Crippen LogP contribution in [-0.2, 0) is 4.79 Å². The second-order valence-corrected chi connectivity index (χ2v) is 6.44. The standard InChI is InChI=1S/C20H26N2O4/c1-13-7-5-6-8-16(13)22-20(23)15(12-21)11-14-9-10-17(24-2)19(26-4)18(14)25-3/h9-11,13,16H,5-8H2,1-4H3,(H,22,23)/b15-11+/t13-,16-/m0/s1. The largest absolute Gasteiger partial charge is 0.493 e. The van der Waals surface area contributed by atoms with Gasteiger partial charge in [0, 0.05) is 11.6 Å². The van der Waals surface area contributed by atoms with E-state index in [1.807, 2.05) is 6.07 Å². The lowest BCUT2D eigenvalue weighted by Gasteiger charge is -2.29. The number of nitrogens with one attached hydrogen (secondary N) is 1. The van der Waals surface area contributed by atoms with Crippen molar-refractivity contribution in [2.75, 3.05) is 21.3 Å². The third-order valence-electron chi connectivity index (χ3n) is 4.83. The molecule has 26 heavy (non-hydrogen) atoms. The smallest absolute Gasteiger partial charge is 0.262 e. The van der Waals surface area contributed by atoms with E-state index in [0.717, 1.165) is 19.3 Å². The minimum Gasteiger partial charge on any atom is -0.493 e. The average molecular weight is 358 g/mol. The molecule has 1 aliphatic carbocycles. The molecule has 1 aliphatic rings. The van der Waals surface area contributed by atoms with Crippen LogP contribution in [0, 0.1) is 17.2 Å². The number of nitrogens with zero attached hydrogens (tertiary/aromatic N) is 1. The number of hydrogen-bond donors (Lipinski definition) is 1. The van der Waals surface area contributed by atoms with E-state index in [-0.39, 0.29) is 17.5 Å². The Bertz CT molecular complexity index is 721. The van der Waals surface area contributed by atoms with Crippen LogP contribution in [0.15, 0.2) is 17.7 Å². The second-order valence-electron chi connectivity index (χ2n) is 6.44. The van der Waals surface area contributed by atoms with Gasteiger partial charge in [0.15, 0.2) is 11.5 Å². The van der Waals surface area contributed by atoms with Crippen molar-refractivity contribution >= 4 is 12.0 Å². The predicted octanol–water partition coefficient (Wildman–Crippen LogP) is 3.31. The predicted molar refractivity (Wildman–Crippen MR) is 99.3 cm³/mol. The zero-order chi connectivity index (χ0) is 19.1. The number of carbonyl (C=O) groups is 1. The number of methoxy groups -OCH3 is 3. The Labute approximate surface area is 154 Å². The molecule has 1 aromatic rings. The van der Waals surface area contributed by atoms with Gasteiger partial charge in [0.05, 0.1) is 21.3 Å². The fourth-order valence-corrected chi connectivity index (χ4v) is 3.32. The molecule has 0 heterocycles. The first-order valence-electron chi connectivity index (χ1n) is 8.77. The summed E-state index contributed by atoms with van der Waals surface area (Å²) in [6.07, 6.45) is 5.86. The van der Waals surface area contributed by atoms with Gasteiger partial charge >= 0.3 is 0 Å². The molecule has 1 fully saturated rings. The molecule has 0 aliphatic heterocycles. The molecule has 6 heteroatoms. The van der Waals surface area contributed by atoms with Crippen LogP contribution in [-0.4, -0.2) is 33.3 Å². The van der Waals surface area contributed by atoms with Gasteiger partial charge in [-0.15, -0.1) is 0 Å². The van der Waals surface area contributed by atoms with Crippen LogP contribution in [0.2, 0.25) is 0 Å². The summed E-state index contributed by atoms with van der Waals surface area (Å²) in [6, 6.07) is 5.55. The summed E-state index contributed by atoms with van der Waals surface area (Å²) < 4.78 is 16.0. The molecule has 6 nitrogen and oxygen atoms in total. The molecule has 2 atom stereocenters. The summed E-state index contributed by atoms with van der Waals surface area (Å²) in [6.45, 7) is 2.14. The van der Waals surface area contributed by atoms with E-state index in [9.17, 15) is 10.1 Å². The molecule has 0 bridgehead atoms. The van der Waals surface area contributed by atoms with Gasteiger partial charge in [0.2, 0.25) is 5.75 Å². The van der Waals surface area contributed by atoms with Gasteiger partial charge in [-0.3, -0.25) is 4.79 Å². The van der Waals surface area contributed by atoms with Crippen LogP contribution >= 0.6 is 0 Å². The van der Waals surface area contributed by atoms with Crippen LogP contribution < -0.4 is 19.5 Å². The van der Waals surface area contributed by atoms with Crippen molar-refractivity contribution in [2.45, 2.75) is 38.6 Å². The maximum absolute atomic E-state index is 12.6. The summed E-state index contributed by atoms with van der Waals surface area (Å²) in [5.41, 5.74) is 0.613. The molecule has 0 spiro atoms. The number of ether oxygens (including phenoxy) is 3. The number of carbonyl (C=O) groups excluding carboxylic acids is 1. The Morgan fingerprint density at radius 3 is 2.42 bits per heavy atom. The van der Waals surface area contributed by atoms with Crippen LogP contribution in [0.1, 0.15) is 38.2 Å². The maximum atomic E-state index is 12.6. The number of hydrogen-bond acceptors (Lipinski definition) is 5. The first-order chi connectivity index (χ1) is 12.5. The topological polar surface area (TPSA) is 80.6 Å². The van der Waals surface area contributed by atoms with E-state index in [0.29, 0.717) is 28.7 Å². The lowest BCUT2D eigenvalue weighted by Crippen LogP contribution is -2.41. The first-order valence-corrected chi connectivity index (χ1v) is 8.77. The summed E-state index contributed by atoms with van der Waals surface area (Å²) in [4.78, 5) is 12.6. The molecule has 1 N–H and O–H groups in total. The SMILES string of the molecule is COc1ccc(/C=C(\C#N)C(=O)N[C@H]2CCCC[C@@H]2C)c(OC)c1OC. The van der Waals surface area contributed by atoms with E-state index in [4.69, 9.17) is 14.2 Å². The third-order valence-corrected chi connectivity index (χ3v) is 4.83. The fraction of sp³-hybridized carbons (Fsp3) is 0.500. The molecule has 1 saturated carbocycles. The Morgan fingerprint density at radius 1 is 1.15 bits per heavy atom. The number of rotatable bonds is 6. The highest BCUT2D eigenvalue weighted by Crippen LogP contribution is 2.40. The van der Waals surface area contributed by atoms with Crippen LogP contribution in [0.4, 0.5) is 0 Å². The second kappa shape index (κ2) is 9.14. The molecule has 140 valence electrons. The Morgan fingerprint density at radius 2 is 1.85 bits per heavy atom. The number of amides is 1. The van der Waals surface area contributed by atoms with Gasteiger partial charge < -0.3 is 19.5 Å². The summed E-state index contributed by atoms with van der Waals surface area (Å²) in [5, 5.41) is 12.5. The van der Waals surface area contributed by atoms with Crippen molar-refractivity contribution in [2.24, 2.45) is 5.92 Å². The molecule has 1 amide bonds. The Hall–Kier alpha value is -2.68. The van der Waals surface area contributed by atoms with Gasteiger partial charge in [-0.2, -0.15) is 5.26 Å². The van der Waals surface area contributed by atoms with Crippen molar-refractivity contribution in [1.82, 2.24) is 5.32 Å². The zero-order valence-electron chi connectivity index (χ0n) is 15.8. The van der Waals surface area contributed by atoms with Crippen molar-refractivity contribution < 1.29 is 19.0 Å². The van der Waals surface area contributed by atoms with Crippen LogP contribution in [0.3, 0.4) is 0 Å². The molecule has 0 radical (unpaired) electrons. The Balaban J connectivity index is 2.30. The van der Waals surface area contributed by atoms with Crippen molar-refractivity contribution in [1.29, 1.82) is 5.26 Å². The minimum absolute atomic E-state index is 0.0355. The molecule has 1 aromatic carbocycles. The van der Waals surface area contributed by atoms with Gasteiger partial charge in [-0.25, -0.2) is 0 Å². The number of benzene rings is 1. The molecule has 2 rings (SSSR count). The highest BCUT2D eigenvalue weighted by atomic mass is 16.5. The maximum Gasteiger partial charge on any atom is 0.262 e. The quantitative estimate of drug-likeness (QED) is 0.623. The minimum atomic E-state index is -0.358. The monoisotopic (exact) mass is 358 g/mol. The van der Waals surface area contributed by atoms with Crippen LogP contribution in [0.5, 0.6) is 17.2 Å². The average Bonchev–Trinajstić information content (AvgIpc) is 2.66. The molecule has 0 saturated heterocycles. The molecule has 0 aromatic heterocycles. The van der Waals surface area contributed by atoms with E-state index in [1.165, 1.54) is 33.8 Å². The normalized spacial score (nSPS) is 20.0. The summed E-state index contributed by atoms with van der Waals surface area (Å²) in [5.74, 6) is 1.41. The summed E-state index contributed by atoms with van der Waals surface area (Å²) >= 11 is 0. The first kappa shape index (κ1) is 19.6. The molecular formula is C20H26N2O4. The van der Waals surface area contributed by atoms with E-state index in [1.54, 1.807) is 12.1 Å². The zero-order valence-corrected chi connectivity index (χ0v) is 15.8. The van der Waals surface area contributed by atoms with Crippen molar-refractivity contribution in [3.05, 3.63) is 23.3 Å². The lowest BCUT2D eigenvalue weighted by atomic mass is 9.86. The highest BCUT2D eigenvalue weighted by Gasteiger charge is 2.24. The number of nitriles is 1. The van der Waals surface area contributed by atoms with E-state index in [2.05, 4.69) is 12.2 Å². The van der Waals surface area contributed by atoms with Gasteiger partial charge in [0.1, 0.15) is 11.6 Å². The van der Waals surface area contributed by atoms with Crippen LogP contribution in [0.25, 0.3) is 6.08 Å². The third kappa shape index (κ3) is 4.29. The fourth-order valence-electron chi connectivity index (χ4n) is 3.32. The van der Waals surface area contributed by atoms with Gasteiger partial charge in [-0.1, -0.05) is 19.8 Å². The molecule has 0 unspecified atom stereocenters. The molecular weight excluding hydrogens is 332 g/mol.